The van der Waals surface area contributed by atoms with Gasteiger partial charge in [-0.2, -0.15) is 14.4 Å². The molecule has 0 aromatic carbocycles. The molecule has 0 spiro atoms. The highest BCUT2D eigenvalue weighted by molar-refractivity contribution is 5.81. The molecule has 35 heavy (non-hydrogen) atoms. The van der Waals surface area contributed by atoms with Gasteiger partial charge in [0.1, 0.15) is 12.3 Å². The van der Waals surface area contributed by atoms with Crippen molar-refractivity contribution in [1.29, 1.82) is 0 Å². The van der Waals surface area contributed by atoms with E-state index in [0.29, 0.717) is 50.5 Å². The Balaban J connectivity index is 1.48. The molecule has 0 aliphatic carbocycles. The Bertz CT molecular complexity index is 1050. The van der Waals surface area contributed by atoms with Crippen LogP contribution in [0.1, 0.15) is 83.3 Å². The molecule has 3 heterocycles. The van der Waals surface area contributed by atoms with E-state index >= 15 is 0 Å². The van der Waals surface area contributed by atoms with E-state index in [1.165, 1.54) is 6.33 Å². The van der Waals surface area contributed by atoms with Crippen LogP contribution in [0.25, 0.3) is 11.2 Å². The summed E-state index contributed by atoms with van der Waals surface area (Å²) in [5, 5.41) is 8.65. The lowest BCUT2D eigenvalue weighted by molar-refractivity contribution is -0.159. The van der Waals surface area contributed by atoms with Crippen LogP contribution >= 0.6 is 0 Å². The standard InChI is InChI=1S/C24H32FN5O5/c1-2-3-10-16(35-20(33)12-9-7-5-4-6-8-11-19(31)32)17-13-14-18(34-17)30-15-27-21-22(26)28-24(25)29-23(21)30/h1,15-18H,3-14H2,(H,31,32)(H2,26,28,29)/t16-,17+,18-/m1/s1. The van der Waals surface area contributed by atoms with Gasteiger partial charge in [0, 0.05) is 19.3 Å². The molecule has 1 saturated heterocycles. The number of fused-ring (bicyclic) bond motifs is 1. The number of halogens is 1. The van der Waals surface area contributed by atoms with E-state index in [0.717, 1.165) is 25.7 Å². The van der Waals surface area contributed by atoms with Crippen LogP contribution in [0.4, 0.5) is 10.2 Å². The molecule has 2 aromatic heterocycles. The van der Waals surface area contributed by atoms with Gasteiger partial charge in [-0.05, 0) is 32.1 Å². The number of carbonyl (C=O) groups excluding carboxylic acids is 1. The Morgan fingerprint density at radius 2 is 1.94 bits per heavy atom. The Hall–Kier alpha value is -3.26. The van der Waals surface area contributed by atoms with E-state index in [-0.39, 0.29) is 30.0 Å². The number of carbonyl (C=O) groups is 2. The van der Waals surface area contributed by atoms with Crippen LogP contribution in [0, 0.1) is 18.4 Å². The number of hydrogen-bond acceptors (Lipinski definition) is 8. The van der Waals surface area contributed by atoms with Crippen molar-refractivity contribution in [3.8, 4) is 12.3 Å². The second-order valence-electron chi connectivity index (χ2n) is 8.69. The number of esters is 1. The lowest BCUT2D eigenvalue weighted by Crippen LogP contribution is -2.31. The zero-order valence-electron chi connectivity index (χ0n) is 19.7. The third-order valence-corrected chi connectivity index (χ3v) is 6.05. The number of nitrogen functional groups attached to an aromatic ring is 1. The molecule has 0 saturated carbocycles. The van der Waals surface area contributed by atoms with Crippen molar-refractivity contribution >= 4 is 28.9 Å². The second-order valence-corrected chi connectivity index (χ2v) is 8.69. The maximum absolute atomic E-state index is 13.7. The second kappa shape index (κ2) is 13.0. The molecule has 2 aromatic rings. The number of anilines is 1. The molecule has 0 bridgehead atoms. The summed E-state index contributed by atoms with van der Waals surface area (Å²) in [5.41, 5.74) is 6.29. The molecule has 3 rings (SSSR count). The van der Waals surface area contributed by atoms with Gasteiger partial charge >= 0.3 is 18.0 Å². The molecular weight excluding hydrogens is 457 g/mol. The number of ether oxygens (including phenoxy) is 2. The van der Waals surface area contributed by atoms with Crippen LogP contribution in [-0.2, 0) is 19.1 Å². The van der Waals surface area contributed by atoms with Gasteiger partial charge < -0.3 is 20.3 Å². The summed E-state index contributed by atoms with van der Waals surface area (Å²) in [5.74, 6) is 1.48. The molecule has 0 unspecified atom stereocenters. The van der Waals surface area contributed by atoms with E-state index in [9.17, 15) is 14.0 Å². The first-order chi connectivity index (χ1) is 16.9. The normalized spacial score (nSPS) is 18.4. The summed E-state index contributed by atoms with van der Waals surface area (Å²) in [6, 6.07) is 0. The summed E-state index contributed by atoms with van der Waals surface area (Å²) in [7, 11) is 0. The van der Waals surface area contributed by atoms with Gasteiger partial charge in [0.05, 0.1) is 12.4 Å². The molecule has 1 fully saturated rings. The average molecular weight is 490 g/mol. The van der Waals surface area contributed by atoms with E-state index in [4.69, 9.17) is 26.7 Å². The summed E-state index contributed by atoms with van der Waals surface area (Å²) in [6.07, 6.45) is 12.4. The number of imidazole rings is 1. The minimum Gasteiger partial charge on any atom is -0.481 e. The minimum absolute atomic E-state index is 0.0399. The molecule has 0 amide bonds. The zero-order chi connectivity index (χ0) is 25.2. The van der Waals surface area contributed by atoms with Crippen LogP contribution in [0.15, 0.2) is 6.33 Å². The first-order valence-corrected chi connectivity index (χ1v) is 12.0. The number of rotatable bonds is 14. The molecule has 11 heteroatoms. The number of aromatic nitrogens is 4. The van der Waals surface area contributed by atoms with Crippen molar-refractivity contribution in [3.63, 3.8) is 0 Å². The number of nitrogens with zero attached hydrogens (tertiary/aromatic N) is 4. The molecule has 3 N–H and O–H groups in total. The first-order valence-electron chi connectivity index (χ1n) is 12.0. The summed E-state index contributed by atoms with van der Waals surface area (Å²) >= 11 is 0. The largest absolute Gasteiger partial charge is 0.481 e. The average Bonchev–Trinajstić information content (AvgIpc) is 3.45. The topological polar surface area (TPSA) is 142 Å². The fourth-order valence-electron chi connectivity index (χ4n) is 4.27. The lowest BCUT2D eigenvalue weighted by atomic mass is 10.1. The Morgan fingerprint density at radius 1 is 1.23 bits per heavy atom. The number of hydrogen-bond donors (Lipinski definition) is 2. The van der Waals surface area contributed by atoms with Gasteiger partial charge in [-0.1, -0.05) is 25.7 Å². The Labute approximate surface area is 203 Å². The fraction of sp³-hybridized carbons (Fsp3) is 0.625. The third kappa shape index (κ3) is 7.62. The Morgan fingerprint density at radius 3 is 2.66 bits per heavy atom. The highest BCUT2D eigenvalue weighted by Gasteiger charge is 2.35. The lowest BCUT2D eigenvalue weighted by Gasteiger charge is -2.24. The number of unbranched alkanes of at least 4 members (excludes halogenated alkanes) is 5. The molecular formula is C24H32FN5O5. The number of carboxylic acid groups (broad SMARTS) is 1. The van der Waals surface area contributed by atoms with Gasteiger partial charge in [-0.3, -0.25) is 14.2 Å². The zero-order valence-corrected chi connectivity index (χ0v) is 19.7. The van der Waals surface area contributed by atoms with E-state index in [2.05, 4.69) is 20.9 Å². The van der Waals surface area contributed by atoms with Crippen LogP contribution in [0.5, 0.6) is 0 Å². The van der Waals surface area contributed by atoms with Crippen molar-refractivity contribution in [2.45, 2.75) is 95.5 Å². The van der Waals surface area contributed by atoms with Crippen LogP contribution in [0.2, 0.25) is 0 Å². The van der Waals surface area contributed by atoms with E-state index in [1.807, 2.05) is 0 Å². The van der Waals surface area contributed by atoms with Gasteiger partial charge in [0.25, 0.3) is 0 Å². The SMILES string of the molecule is C#CCC[C@@H](OC(=O)CCCCCCCCC(=O)O)[C@@H]1CC[C@H](n2cnc3c(N)nc(F)nc32)O1. The van der Waals surface area contributed by atoms with Crippen molar-refractivity contribution in [2.75, 3.05) is 5.73 Å². The molecule has 10 nitrogen and oxygen atoms in total. The van der Waals surface area contributed by atoms with Crippen LogP contribution in [0.3, 0.4) is 0 Å². The highest BCUT2D eigenvalue weighted by atomic mass is 19.1. The van der Waals surface area contributed by atoms with Crippen molar-refractivity contribution < 1.29 is 28.6 Å². The quantitative estimate of drug-likeness (QED) is 0.175. The predicted molar refractivity (Wildman–Crippen MR) is 125 cm³/mol. The predicted octanol–water partition coefficient (Wildman–Crippen LogP) is 3.76. The van der Waals surface area contributed by atoms with Crippen LogP contribution < -0.4 is 5.73 Å². The van der Waals surface area contributed by atoms with Crippen molar-refractivity contribution in [2.24, 2.45) is 0 Å². The third-order valence-electron chi connectivity index (χ3n) is 6.05. The van der Waals surface area contributed by atoms with Gasteiger partial charge in [-0.15, -0.1) is 12.3 Å². The fourth-order valence-corrected chi connectivity index (χ4v) is 4.27. The molecule has 1 aliphatic heterocycles. The van der Waals surface area contributed by atoms with Crippen molar-refractivity contribution in [1.82, 2.24) is 19.5 Å². The smallest absolute Gasteiger partial charge is 0.312 e. The number of aliphatic carboxylic acids is 1. The summed E-state index contributed by atoms with van der Waals surface area (Å²) < 4.78 is 27.2. The van der Waals surface area contributed by atoms with Gasteiger partial charge in [0.15, 0.2) is 17.0 Å². The summed E-state index contributed by atoms with van der Waals surface area (Å²) in [6.45, 7) is 0. The molecule has 3 atom stereocenters. The van der Waals surface area contributed by atoms with Gasteiger partial charge in [0.2, 0.25) is 0 Å². The minimum atomic E-state index is -0.938. The maximum atomic E-state index is 13.7. The number of carboxylic acids is 1. The number of nitrogens with two attached hydrogens (primary N) is 1. The molecule has 1 aliphatic rings. The number of terminal acetylenes is 1. The Kier molecular flexibility index (Phi) is 9.78. The van der Waals surface area contributed by atoms with E-state index < -0.39 is 24.4 Å². The maximum Gasteiger partial charge on any atom is 0.312 e. The molecule has 0 radical (unpaired) electrons. The van der Waals surface area contributed by atoms with Gasteiger partial charge in [-0.25, -0.2) is 4.98 Å². The highest BCUT2D eigenvalue weighted by Crippen LogP contribution is 2.34. The monoisotopic (exact) mass is 489 g/mol. The summed E-state index contributed by atoms with van der Waals surface area (Å²) in [4.78, 5) is 34.4. The first kappa shape index (κ1) is 26.3. The van der Waals surface area contributed by atoms with Crippen LogP contribution in [-0.4, -0.2) is 48.8 Å². The van der Waals surface area contributed by atoms with E-state index in [1.54, 1.807) is 4.57 Å². The van der Waals surface area contributed by atoms with Crippen molar-refractivity contribution in [3.05, 3.63) is 12.4 Å². The molecule has 190 valence electrons.